The molecule has 0 radical (unpaired) electrons. The van der Waals surface area contributed by atoms with Crippen LogP contribution in [0.5, 0.6) is 0 Å². The average molecular weight is 262 g/mol. The van der Waals surface area contributed by atoms with E-state index in [-0.39, 0.29) is 17.0 Å². The lowest BCUT2D eigenvalue weighted by atomic mass is 10.1. The van der Waals surface area contributed by atoms with Crippen LogP contribution in [0.3, 0.4) is 0 Å². The second-order valence-electron chi connectivity index (χ2n) is 4.33. The predicted molar refractivity (Wildman–Crippen MR) is 66.4 cm³/mol. The van der Waals surface area contributed by atoms with Gasteiger partial charge in [0.15, 0.2) is 0 Å². The summed E-state index contributed by atoms with van der Waals surface area (Å²) in [6, 6.07) is 5.70. The predicted octanol–water partition coefficient (Wildman–Crippen LogP) is 1.04. The van der Waals surface area contributed by atoms with Crippen molar-refractivity contribution in [2.75, 3.05) is 6.54 Å². The third-order valence-electron chi connectivity index (χ3n) is 2.93. The van der Waals surface area contributed by atoms with Gasteiger partial charge in [-0.1, -0.05) is 6.07 Å². The molecule has 1 aromatic carbocycles. The second kappa shape index (κ2) is 5.51. The van der Waals surface area contributed by atoms with E-state index in [0.29, 0.717) is 13.0 Å². The molecule has 0 atom stereocenters. The smallest absolute Gasteiger partial charge is 0.335 e. The van der Waals surface area contributed by atoms with Gasteiger partial charge in [-0.05, 0) is 31.0 Å². The van der Waals surface area contributed by atoms with Crippen LogP contribution in [0.1, 0.15) is 40.0 Å². The van der Waals surface area contributed by atoms with E-state index in [2.05, 4.69) is 5.43 Å². The molecule has 0 aromatic heterocycles. The SMILES string of the molecule is O=C(O)c1cccc(C(=O)NN2CCCCC2=O)c1. The van der Waals surface area contributed by atoms with E-state index < -0.39 is 11.9 Å². The summed E-state index contributed by atoms with van der Waals surface area (Å²) in [7, 11) is 0. The van der Waals surface area contributed by atoms with Crippen LogP contribution in [0.15, 0.2) is 24.3 Å². The van der Waals surface area contributed by atoms with Crippen LogP contribution in [0.25, 0.3) is 0 Å². The van der Waals surface area contributed by atoms with Crippen molar-refractivity contribution < 1.29 is 19.5 Å². The highest BCUT2D eigenvalue weighted by molar-refractivity contribution is 5.98. The molecule has 6 heteroatoms. The molecule has 6 nitrogen and oxygen atoms in total. The first-order valence-electron chi connectivity index (χ1n) is 6.02. The van der Waals surface area contributed by atoms with E-state index in [1.54, 1.807) is 0 Å². The molecule has 100 valence electrons. The molecule has 1 aliphatic rings. The van der Waals surface area contributed by atoms with E-state index in [1.165, 1.54) is 29.3 Å². The number of carboxylic acid groups (broad SMARTS) is 1. The van der Waals surface area contributed by atoms with E-state index in [4.69, 9.17) is 5.11 Å². The van der Waals surface area contributed by atoms with Crippen molar-refractivity contribution in [3.63, 3.8) is 0 Å². The minimum Gasteiger partial charge on any atom is -0.478 e. The van der Waals surface area contributed by atoms with Crippen LogP contribution in [0.4, 0.5) is 0 Å². The fourth-order valence-corrected chi connectivity index (χ4v) is 1.90. The molecule has 1 fully saturated rings. The summed E-state index contributed by atoms with van der Waals surface area (Å²) in [4.78, 5) is 34.3. The van der Waals surface area contributed by atoms with Gasteiger partial charge in [-0.3, -0.25) is 20.0 Å². The Morgan fingerprint density at radius 1 is 1.21 bits per heavy atom. The zero-order valence-corrected chi connectivity index (χ0v) is 10.3. The number of nitrogens with zero attached hydrogens (tertiary/aromatic N) is 1. The number of hydrogen-bond acceptors (Lipinski definition) is 3. The van der Waals surface area contributed by atoms with Crippen molar-refractivity contribution in [2.45, 2.75) is 19.3 Å². The number of benzene rings is 1. The highest BCUT2D eigenvalue weighted by Crippen LogP contribution is 2.10. The van der Waals surface area contributed by atoms with Gasteiger partial charge in [0.1, 0.15) is 0 Å². The molecule has 2 N–H and O–H groups in total. The minimum absolute atomic E-state index is 0.0395. The van der Waals surface area contributed by atoms with Gasteiger partial charge in [0, 0.05) is 18.5 Å². The van der Waals surface area contributed by atoms with E-state index in [9.17, 15) is 14.4 Å². The number of carbonyl (C=O) groups is 3. The summed E-state index contributed by atoms with van der Waals surface area (Å²) < 4.78 is 0. The maximum absolute atomic E-state index is 11.9. The second-order valence-corrected chi connectivity index (χ2v) is 4.33. The lowest BCUT2D eigenvalue weighted by molar-refractivity contribution is -0.135. The number of rotatable bonds is 3. The molecule has 2 rings (SSSR count). The van der Waals surface area contributed by atoms with Gasteiger partial charge in [0.25, 0.3) is 5.91 Å². The van der Waals surface area contributed by atoms with Gasteiger partial charge in [-0.15, -0.1) is 0 Å². The fraction of sp³-hybridized carbons (Fsp3) is 0.308. The zero-order chi connectivity index (χ0) is 13.8. The fourth-order valence-electron chi connectivity index (χ4n) is 1.90. The van der Waals surface area contributed by atoms with Crippen molar-refractivity contribution in [3.05, 3.63) is 35.4 Å². The Bertz CT molecular complexity index is 527. The summed E-state index contributed by atoms with van der Waals surface area (Å²) >= 11 is 0. The molecule has 1 saturated heterocycles. The first kappa shape index (κ1) is 13.1. The summed E-state index contributed by atoms with van der Waals surface area (Å²) in [6.45, 7) is 0.489. The van der Waals surface area contributed by atoms with Crippen LogP contribution in [-0.4, -0.2) is 34.4 Å². The Hall–Kier alpha value is -2.37. The van der Waals surface area contributed by atoms with Crippen LogP contribution in [0, 0.1) is 0 Å². The topological polar surface area (TPSA) is 86.7 Å². The minimum atomic E-state index is -1.09. The van der Waals surface area contributed by atoms with Crippen LogP contribution in [0.2, 0.25) is 0 Å². The number of hydrazine groups is 1. The number of carboxylic acids is 1. The first-order valence-corrected chi connectivity index (χ1v) is 6.02. The Morgan fingerprint density at radius 2 is 1.95 bits per heavy atom. The Morgan fingerprint density at radius 3 is 2.63 bits per heavy atom. The maximum atomic E-state index is 11.9. The number of amides is 2. The Kier molecular flexibility index (Phi) is 3.79. The number of carbonyl (C=O) groups excluding carboxylic acids is 2. The largest absolute Gasteiger partial charge is 0.478 e. The molecular formula is C13H14N2O4. The van der Waals surface area contributed by atoms with Crippen molar-refractivity contribution in [2.24, 2.45) is 0 Å². The molecule has 0 saturated carbocycles. The van der Waals surface area contributed by atoms with Crippen molar-refractivity contribution in [3.8, 4) is 0 Å². The van der Waals surface area contributed by atoms with Crippen molar-refractivity contribution >= 4 is 17.8 Å². The van der Waals surface area contributed by atoms with Crippen LogP contribution < -0.4 is 5.43 Å². The monoisotopic (exact) mass is 262 g/mol. The maximum Gasteiger partial charge on any atom is 0.335 e. The van der Waals surface area contributed by atoms with E-state index >= 15 is 0 Å². The van der Waals surface area contributed by atoms with Gasteiger partial charge >= 0.3 is 5.97 Å². The molecule has 0 unspecified atom stereocenters. The van der Waals surface area contributed by atoms with Crippen LogP contribution in [-0.2, 0) is 4.79 Å². The lowest BCUT2D eigenvalue weighted by Gasteiger charge is -2.26. The summed E-state index contributed by atoms with van der Waals surface area (Å²) in [6.07, 6.45) is 2.11. The van der Waals surface area contributed by atoms with E-state index in [1.807, 2.05) is 0 Å². The Balaban J connectivity index is 2.09. The molecule has 1 aliphatic heterocycles. The molecule has 0 bridgehead atoms. The Labute approximate surface area is 110 Å². The van der Waals surface area contributed by atoms with Crippen LogP contribution >= 0.6 is 0 Å². The molecule has 1 heterocycles. The first-order chi connectivity index (χ1) is 9.08. The highest BCUT2D eigenvalue weighted by Gasteiger charge is 2.20. The molecular weight excluding hydrogens is 248 g/mol. The number of aromatic carboxylic acids is 1. The van der Waals surface area contributed by atoms with Gasteiger partial charge < -0.3 is 5.11 Å². The third kappa shape index (κ3) is 3.09. The van der Waals surface area contributed by atoms with Crippen molar-refractivity contribution in [1.82, 2.24) is 10.4 Å². The summed E-state index contributed by atoms with van der Waals surface area (Å²) in [5, 5.41) is 10.1. The molecule has 0 aliphatic carbocycles. The number of piperidine rings is 1. The quantitative estimate of drug-likeness (QED) is 0.852. The normalized spacial score (nSPS) is 15.2. The van der Waals surface area contributed by atoms with Gasteiger partial charge in [-0.2, -0.15) is 0 Å². The third-order valence-corrected chi connectivity index (χ3v) is 2.93. The lowest BCUT2D eigenvalue weighted by Crippen LogP contribution is -2.48. The summed E-state index contributed by atoms with van der Waals surface area (Å²) in [5.74, 6) is -1.68. The highest BCUT2D eigenvalue weighted by atomic mass is 16.4. The van der Waals surface area contributed by atoms with Gasteiger partial charge in [0.2, 0.25) is 5.91 Å². The van der Waals surface area contributed by atoms with E-state index in [0.717, 1.165) is 12.8 Å². The van der Waals surface area contributed by atoms with Crippen molar-refractivity contribution in [1.29, 1.82) is 0 Å². The summed E-state index contributed by atoms with van der Waals surface area (Å²) in [5.41, 5.74) is 2.76. The zero-order valence-electron chi connectivity index (χ0n) is 10.3. The molecule has 1 aromatic rings. The average Bonchev–Trinajstić information content (AvgIpc) is 2.41. The van der Waals surface area contributed by atoms with Gasteiger partial charge in [0.05, 0.1) is 5.56 Å². The van der Waals surface area contributed by atoms with Gasteiger partial charge in [-0.25, -0.2) is 4.79 Å². The number of hydrogen-bond donors (Lipinski definition) is 2. The molecule has 2 amide bonds. The molecule has 19 heavy (non-hydrogen) atoms. The standard InChI is InChI=1S/C13H14N2O4/c16-11-6-1-2-7-15(11)14-12(17)9-4-3-5-10(8-9)13(18)19/h3-5,8H,1-2,6-7H2,(H,14,17)(H,18,19). The molecule has 0 spiro atoms. The number of nitrogens with one attached hydrogen (secondary N) is 1.